The normalized spacial score (nSPS) is 13.0. The highest BCUT2D eigenvalue weighted by atomic mass is 16.7. The van der Waals surface area contributed by atoms with Crippen LogP contribution in [0.5, 0.6) is 11.5 Å². The highest BCUT2D eigenvalue weighted by molar-refractivity contribution is 6.21. The lowest BCUT2D eigenvalue weighted by Gasteiger charge is -2.11. The standard InChI is InChI=1S/C19H14N2O6/c1-25-15-8-7-13-12(16(15)26-2)9-14(20-13)19(24)27-21-17(22)10-5-3-4-6-11(10)18(21)23/h3-9,20H,1-2H3. The minimum Gasteiger partial charge on any atom is -0.493 e. The van der Waals surface area contributed by atoms with Crippen LogP contribution in [0.3, 0.4) is 0 Å². The molecule has 1 N–H and O–H groups in total. The van der Waals surface area contributed by atoms with Gasteiger partial charge in [0, 0.05) is 5.39 Å². The van der Waals surface area contributed by atoms with E-state index in [2.05, 4.69) is 4.98 Å². The lowest BCUT2D eigenvalue weighted by molar-refractivity contribution is -0.0587. The van der Waals surface area contributed by atoms with E-state index < -0.39 is 17.8 Å². The maximum atomic E-state index is 12.5. The summed E-state index contributed by atoms with van der Waals surface area (Å²) in [6.07, 6.45) is 0. The van der Waals surface area contributed by atoms with Crippen molar-refractivity contribution in [2.75, 3.05) is 14.2 Å². The molecule has 0 spiro atoms. The van der Waals surface area contributed by atoms with Gasteiger partial charge in [0.25, 0.3) is 11.8 Å². The van der Waals surface area contributed by atoms with Crippen LogP contribution >= 0.6 is 0 Å². The number of H-pyrrole nitrogens is 1. The molecule has 2 aromatic carbocycles. The SMILES string of the molecule is COc1ccc2[nH]c(C(=O)ON3C(=O)c4ccccc4C3=O)cc2c1OC. The summed E-state index contributed by atoms with van der Waals surface area (Å²) in [5.74, 6) is -1.28. The number of nitrogens with one attached hydrogen (secondary N) is 1. The molecule has 0 saturated heterocycles. The number of carbonyl (C=O) groups is 3. The van der Waals surface area contributed by atoms with Crippen LogP contribution in [-0.2, 0) is 4.84 Å². The van der Waals surface area contributed by atoms with Crippen molar-refractivity contribution in [2.45, 2.75) is 0 Å². The number of imide groups is 1. The monoisotopic (exact) mass is 366 g/mol. The minimum absolute atomic E-state index is 0.0631. The van der Waals surface area contributed by atoms with Crippen molar-refractivity contribution in [1.82, 2.24) is 10.0 Å². The molecule has 0 bridgehead atoms. The van der Waals surface area contributed by atoms with Gasteiger partial charge in [0.1, 0.15) is 5.69 Å². The third kappa shape index (κ3) is 2.50. The fourth-order valence-corrected chi connectivity index (χ4v) is 3.02. The smallest absolute Gasteiger partial charge is 0.380 e. The van der Waals surface area contributed by atoms with Gasteiger partial charge in [0.15, 0.2) is 11.5 Å². The van der Waals surface area contributed by atoms with E-state index in [0.717, 1.165) is 0 Å². The van der Waals surface area contributed by atoms with Crippen LogP contribution in [0.15, 0.2) is 42.5 Å². The molecule has 0 saturated carbocycles. The second kappa shape index (κ2) is 6.17. The molecule has 2 amide bonds. The summed E-state index contributed by atoms with van der Waals surface area (Å²) in [5.41, 5.74) is 1.06. The molecule has 8 nitrogen and oxygen atoms in total. The zero-order chi connectivity index (χ0) is 19.1. The van der Waals surface area contributed by atoms with Gasteiger partial charge in [0.05, 0.1) is 30.9 Å². The molecule has 0 aliphatic carbocycles. The van der Waals surface area contributed by atoms with Gasteiger partial charge in [0.2, 0.25) is 0 Å². The minimum atomic E-state index is -0.873. The average Bonchev–Trinajstić information content (AvgIpc) is 3.23. The van der Waals surface area contributed by atoms with E-state index in [-0.39, 0.29) is 16.8 Å². The molecular formula is C19H14N2O6. The molecule has 136 valence electrons. The molecule has 27 heavy (non-hydrogen) atoms. The Bertz CT molecular complexity index is 1070. The van der Waals surface area contributed by atoms with Gasteiger partial charge in [-0.2, -0.15) is 0 Å². The van der Waals surface area contributed by atoms with Gasteiger partial charge in [-0.3, -0.25) is 9.59 Å². The zero-order valence-electron chi connectivity index (χ0n) is 14.4. The predicted octanol–water partition coefficient (Wildman–Crippen LogP) is 2.55. The highest BCUT2D eigenvalue weighted by Crippen LogP contribution is 2.36. The van der Waals surface area contributed by atoms with Crippen LogP contribution in [0, 0.1) is 0 Å². The van der Waals surface area contributed by atoms with Gasteiger partial charge < -0.3 is 19.3 Å². The molecule has 1 aliphatic heterocycles. The van der Waals surface area contributed by atoms with Gasteiger partial charge in [-0.05, 0) is 30.3 Å². The molecule has 0 radical (unpaired) electrons. The van der Waals surface area contributed by atoms with Crippen molar-refractivity contribution in [3.63, 3.8) is 0 Å². The maximum absolute atomic E-state index is 12.5. The van der Waals surface area contributed by atoms with E-state index in [4.69, 9.17) is 14.3 Å². The molecule has 1 aromatic heterocycles. The number of hydrogen-bond acceptors (Lipinski definition) is 6. The first-order chi connectivity index (χ1) is 13.0. The van der Waals surface area contributed by atoms with Gasteiger partial charge >= 0.3 is 5.97 Å². The largest absolute Gasteiger partial charge is 0.493 e. The first kappa shape index (κ1) is 16.6. The highest BCUT2D eigenvalue weighted by Gasteiger charge is 2.39. The number of carbonyl (C=O) groups excluding carboxylic acids is 3. The number of fused-ring (bicyclic) bond motifs is 2. The third-order valence-electron chi connectivity index (χ3n) is 4.29. The lowest BCUT2D eigenvalue weighted by Crippen LogP contribution is -2.32. The van der Waals surface area contributed by atoms with E-state index >= 15 is 0 Å². The summed E-state index contributed by atoms with van der Waals surface area (Å²) in [6, 6.07) is 11.2. The Labute approximate surface area is 153 Å². The van der Waals surface area contributed by atoms with Crippen LogP contribution in [-0.4, -0.2) is 42.1 Å². The number of rotatable bonds is 4. The number of methoxy groups -OCH3 is 2. The van der Waals surface area contributed by atoms with Crippen molar-refractivity contribution >= 4 is 28.7 Å². The van der Waals surface area contributed by atoms with Crippen molar-refractivity contribution in [2.24, 2.45) is 0 Å². The van der Waals surface area contributed by atoms with E-state index in [9.17, 15) is 14.4 Å². The van der Waals surface area contributed by atoms with Crippen molar-refractivity contribution in [3.8, 4) is 11.5 Å². The Kier molecular flexibility index (Phi) is 3.80. The quantitative estimate of drug-likeness (QED) is 0.713. The van der Waals surface area contributed by atoms with Crippen molar-refractivity contribution in [1.29, 1.82) is 0 Å². The first-order valence-corrected chi connectivity index (χ1v) is 7.99. The maximum Gasteiger partial charge on any atom is 0.380 e. The molecule has 8 heteroatoms. The number of amides is 2. The Hall–Kier alpha value is -3.81. The van der Waals surface area contributed by atoms with Crippen LogP contribution in [0.25, 0.3) is 10.9 Å². The van der Waals surface area contributed by atoms with Crippen LogP contribution < -0.4 is 9.47 Å². The number of nitrogens with zero attached hydrogens (tertiary/aromatic N) is 1. The Morgan fingerprint density at radius 2 is 1.63 bits per heavy atom. The summed E-state index contributed by atoms with van der Waals surface area (Å²) in [7, 11) is 2.99. The Morgan fingerprint density at radius 3 is 2.22 bits per heavy atom. The molecule has 4 rings (SSSR count). The van der Waals surface area contributed by atoms with Crippen LogP contribution in [0.2, 0.25) is 0 Å². The summed E-state index contributed by atoms with van der Waals surface area (Å²) in [4.78, 5) is 45.1. The summed E-state index contributed by atoms with van der Waals surface area (Å²) in [5, 5.41) is 1.07. The van der Waals surface area contributed by atoms with Crippen molar-refractivity contribution in [3.05, 3.63) is 59.3 Å². The van der Waals surface area contributed by atoms with Gasteiger partial charge in [-0.25, -0.2) is 4.79 Å². The third-order valence-corrected chi connectivity index (χ3v) is 4.29. The van der Waals surface area contributed by atoms with Crippen LogP contribution in [0.1, 0.15) is 31.2 Å². The summed E-state index contributed by atoms with van der Waals surface area (Å²) >= 11 is 0. The average molecular weight is 366 g/mol. The van der Waals surface area contributed by atoms with Gasteiger partial charge in [-0.15, -0.1) is 0 Å². The van der Waals surface area contributed by atoms with Crippen molar-refractivity contribution < 1.29 is 28.7 Å². The molecule has 3 aromatic rings. The Balaban J connectivity index is 1.65. The number of hydrogen-bond donors (Lipinski definition) is 1. The molecule has 0 unspecified atom stereocenters. The lowest BCUT2D eigenvalue weighted by atomic mass is 10.1. The van der Waals surface area contributed by atoms with Gasteiger partial charge in [-0.1, -0.05) is 17.2 Å². The Morgan fingerprint density at radius 1 is 0.963 bits per heavy atom. The molecule has 0 atom stereocenters. The second-order valence-electron chi connectivity index (χ2n) is 5.77. The van der Waals surface area contributed by atoms with E-state index in [1.807, 2.05) is 0 Å². The number of aromatic amines is 1. The van der Waals surface area contributed by atoms with E-state index in [0.29, 0.717) is 27.5 Å². The summed E-state index contributed by atoms with van der Waals surface area (Å²) < 4.78 is 10.6. The van der Waals surface area contributed by atoms with E-state index in [1.54, 1.807) is 24.3 Å². The fraction of sp³-hybridized carbons (Fsp3) is 0.105. The topological polar surface area (TPSA) is 97.9 Å². The first-order valence-electron chi connectivity index (χ1n) is 7.99. The fourth-order valence-electron chi connectivity index (χ4n) is 3.02. The predicted molar refractivity (Wildman–Crippen MR) is 93.8 cm³/mol. The zero-order valence-corrected chi connectivity index (χ0v) is 14.4. The summed E-state index contributed by atoms with van der Waals surface area (Å²) in [6.45, 7) is 0. The number of hydroxylamine groups is 2. The second-order valence-corrected chi connectivity index (χ2v) is 5.77. The number of ether oxygens (including phenoxy) is 2. The van der Waals surface area contributed by atoms with E-state index in [1.165, 1.54) is 32.4 Å². The number of benzene rings is 2. The molecule has 1 aliphatic rings. The molecule has 2 heterocycles. The number of aromatic nitrogens is 1. The molecular weight excluding hydrogens is 352 g/mol. The molecule has 0 fully saturated rings. The van der Waals surface area contributed by atoms with Crippen LogP contribution in [0.4, 0.5) is 0 Å².